The first-order valence-corrected chi connectivity index (χ1v) is 16.3. The van der Waals surface area contributed by atoms with E-state index in [1.54, 1.807) is 6.92 Å². The van der Waals surface area contributed by atoms with Crippen LogP contribution in [-0.2, 0) is 19.1 Å². The van der Waals surface area contributed by atoms with Gasteiger partial charge in [0, 0.05) is 19.4 Å². The van der Waals surface area contributed by atoms with Crippen LogP contribution in [0.25, 0.3) is 0 Å². The van der Waals surface area contributed by atoms with E-state index in [1.165, 1.54) is 89.9 Å². The number of nitrogens with one attached hydrogen (secondary N) is 2. The quantitative estimate of drug-likeness (QED) is 0.0777. The largest absolute Gasteiger partial charge is 0.464 e. The van der Waals surface area contributed by atoms with Crippen LogP contribution in [0.3, 0.4) is 0 Å². The second-order valence-electron chi connectivity index (χ2n) is 10.9. The summed E-state index contributed by atoms with van der Waals surface area (Å²) in [6.07, 6.45) is 25.2. The maximum atomic E-state index is 12.4. The highest BCUT2D eigenvalue weighted by Crippen LogP contribution is 2.12. The molecule has 6 heteroatoms. The lowest BCUT2D eigenvalue weighted by Gasteiger charge is -2.17. The molecular weight excluding hydrogens is 476 g/mol. The first-order chi connectivity index (χ1) is 18.5. The lowest BCUT2D eigenvalue weighted by molar-refractivity contribution is -0.147. The zero-order valence-corrected chi connectivity index (χ0v) is 25.4. The summed E-state index contributed by atoms with van der Waals surface area (Å²) in [6, 6.07) is -0.598. The van der Waals surface area contributed by atoms with Crippen LogP contribution in [-0.4, -0.2) is 37.0 Å². The van der Waals surface area contributed by atoms with E-state index >= 15 is 0 Å². The zero-order chi connectivity index (χ0) is 28.1. The molecule has 0 fully saturated rings. The highest BCUT2D eigenvalue weighted by Gasteiger charge is 2.21. The van der Waals surface area contributed by atoms with Gasteiger partial charge >= 0.3 is 5.97 Å². The molecule has 0 rings (SSSR count). The molecule has 0 radical (unpaired) electrons. The van der Waals surface area contributed by atoms with Crippen LogP contribution in [0.1, 0.15) is 168 Å². The molecule has 0 heterocycles. The molecule has 0 unspecified atom stereocenters. The van der Waals surface area contributed by atoms with Crippen molar-refractivity contribution in [3.63, 3.8) is 0 Å². The summed E-state index contributed by atoms with van der Waals surface area (Å²) >= 11 is 0. The molecule has 224 valence electrons. The Morgan fingerprint density at radius 2 is 1.00 bits per heavy atom. The molecular formula is C32H62N2O4. The van der Waals surface area contributed by atoms with Crippen molar-refractivity contribution in [2.24, 2.45) is 0 Å². The van der Waals surface area contributed by atoms with Crippen molar-refractivity contribution >= 4 is 17.8 Å². The van der Waals surface area contributed by atoms with Crippen molar-refractivity contribution in [1.29, 1.82) is 0 Å². The smallest absolute Gasteiger partial charge is 0.328 e. The molecule has 0 aliphatic rings. The predicted octanol–water partition coefficient (Wildman–Crippen LogP) is 8.16. The predicted molar refractivity (Wildman–Crippen MR) is 159 cm³/mol. The topological polar surface area (TPSA) is 84.5 Å². The van der Waals surface area contributed by atoms with E-state index in [2.05, 4.69) is 24.5 Å². The Hall–Kier alpha value is -1.59. The van der Waals surface area contributed by atoms with Gasteiger partial charge in [-0.1, -0.05) is 117 Å². The van der Waals surface area contributed by atoms with Crippen LogP contribution in [0.15, 0.2) is 0 Å². The summed E-state index contributed by atoms with van der Waals surface area (Å²) in [5, 5.41) is 5.88. The second-order valence-corrected chi connectivity index (χ2v) is 10.9. The molecule has 2 amide bonds. The lowest BCUT2D eigenvalue weighted by Crippen LogP contribution is -2.41. The highest BCUT2D eigenvalue weighted by atomic mass is 16.5. The van der Waals surface area contributed by atoms with Crippen molar-refractivity contribution in [1.82, 2.24) is 10.6 Å². The van der Waals surface area contributed by atoms with Gasteiger partial charge < -0.3 is 15.4 Å². The maximum absolute atomic E-state index is 12.4. The fourth-order valence-corrected chi connectivity index (χ4v) is 4.74. The van der Waals surface area contributed by atoms with Crippen LogP contribution in [0, 0.1) is 0 Å². The molecule has 0 aromatic heterocycles. The molecule has 0 saturated carbocycles. The third-order valence-electron chi connectivity index (χ3n) is 7.16. The Labute approximate surface area is 235 Å². The number of carbonyl (C=O) groups excluding carboxylic acids is 3. The van der Waals surface area contributed by atoms with Crippen molar-refractivity contribution < 1.29 is 19.1 Å². The summed E-state index contributed by atoms with van der Waals surface area (Å²) in [7, 11) is 0. The summed E-state index contributed by atoms with van der Waals surface area (Å²) in [4.78, 5) is 36.8. The fraction of sp³-hybridized carbons (Fsp3) is 0.906. The van der Waals surface area contributed by atoms with Crippen LogP contribution in [0.5, 0.6) is 0 Å². The van der Waals surface area contributed by atoms with Crippen LogP contribution >= 0.6 is 0 Å². The first-order valence-electron chi connectivity index (χ1n) is 16.3. The number of carbonyl (C=O) groups is 3. The van der Waals surface area contributed by atoms with Crippen LogP contribution < -0.4 is 10.6 Å². The molecule has 1 atom stereocenters. The third-order valence-corrected chi connectivity index (χ3v) is 7.16. The minimum absolute atomic E-state index is 0.0692. The van der Waals surface area contributed by atoms with Crippen LogP contribution in [0.2, 0.25) is 0 Å². The average molecular weight is 539 g/mol. The minimum Gasteiger partial charge on any atom is -0.464 e. The highest BCUT2D eigenvalue weighted by molar-refractivity contribution is 5.84. The molecule has 6 nitrogen and oxygen atoms in total. The third kappa shape index (κ3) is 24.7. The minimum atomic E-state index is -0.598. The molecule has 2 N–H and O–H groups in total. The van der Waals surface area contributed by atoms with E-state index in [9.17, 15) is 14.4 Å². The van der Waals surface area contributed by atoms with Gasteiger partial charge in [0.2, 0.25) is 11.8 Å². The van der Waals surface area contributed by atoms with Gasteiger partial charge in [-0.2, -0.15) is 0 Å². The first kappa shape index (κ1) is 36.4. The standard InChI is InChI=1S/C32H62N2O4/c1-4-7-9-11-13-15-17-19-21-26-30(35)33-28-24-23-25-29(32(37)38-6-3)34-31(36)27-22-20-18-16-14-12-10-8-5-2/h29H,4-28H2,1-3H3,(H,33,35)(H,34,36)/t29-/m0/s1. The second kappa shape index (κ2) is 28.4. The number of hydrogen-bond acceptors (Lipinski definition) is 4. The Morgan fingerprint density at radius 3 is 1.47 bits per heavy atom. The van der Waals surface area contributed by atoms with Gasteiger partial charge in [-0.3, -0.25) is 9.59 Å². The summed E-state index contributed by atoms with van der Waals surface area (Å²) in [6.45, 7) is 7.17. The summed E-state index contributed by atoms with van der Waals surface area (Å²) in [5.41, 5.74) is 0. The van der Waals surface area contributed by atoms with Crippen molar-refractivity contribution in [3.8, 4) is 0 Å². The van der Waals surface area contributed by atoms with Gasteiger partial charge in [0.1, 0.15) is 6.04 Å². The van der Waals surface area contributed by atoms with Crippen molar-refractivity contribution in [2.45, 2.75) is 174 Å². The van der Waals surface area contributed by atoms with Gasteiger partial charge in [-0.05, 0) is 39.0 Å². The Morgan fingerprint density at radius 1 is 0.553 bits per heavy atom. The van der Waals surface area contributed by atoms with Crippen molar-refractivity contribution in [3.05, 3.63) is 0 Å². The number of rotatable bonds is 28. The molecule has 0 aromatic rings. The van der Waals surface area contributed by atoms with E-state index in [-0.39, 0.29) is 17.8 Å². The number of unbranched alkanes of at least 4 members (excludes halogenated alkanes) is 17. The van der Waals surface area contributed by atoms with E-state index in [0.717, 1.165) is 38.5 Å². The number of amides is 2. The SMILES string of the molecule is CCCCCCCCCCCC(=O)NCCCC[C@H](NC(=O)CCCCCCCCCCC)C(=O)OCC. The molecule has 0 bridgehead atoms. The van der Waals surface area contributed by atoms with E-state index in [0.29, 0.717) is 32.4 Å². The maximum Gasteiger partial charge on any atom is 0.328 e. The van der Waals surface area contributed by atoms with Gasteiger partial charge in [0.25, 0.3) is 0 Å². The Balaban J connectivity index is 3.91. The van der Waals surface area contributed by atoms with E-state index in [1.807, 2.05) is 0 Å². The zero-order valence-electron chi connectivity index (χ0n) is 25.4. The monoisotopic (exact) mass is 538 g/mol. The Kier molecular flexibility index (Phi) is 27.2. The molecule has 0 spiro atoms. The molecule has 38 heavy (non-hydrogen) atoms. The molecule has 0 aliphatic heterocycles. The summed E-state index contributed by atoms with van der Waals surface area (Å²) in [5.74, 6) is -0.313. The van der Waals surface area contributed by atoms with E-state index < -0.39 is 6.04 Å². The number of esters is 1. The van der Waals surface area contributed by atoms with Crippen LogP contribution in [0.4, 0.5) is 0 Å². The van der Waals surface area contributed by atoms with Gasteiger partial charge in [-0.25, -0.2) is 4.79 Å². The number of ether oxygens (including phenoxy) is 1. The molecule has 0 aromatic carbocycles. The molecule has 0 saturated heterocycles. The lowest BCUT2D eigenvalue weighted by atomic mass is 10.1. The van der Waals surface area contributed by atoms with Crippen molar-refractivity contribution in [2.75, 3.05) is 13.2 Å². The summed E-state index contributed by atoms with van der Waals surface area (Å²) < 4.78 is 5.17. The van der Waals surface area contributed by atoms with Gasteiger partial charge in [0.15, 0.2) is 0 Å². The fourth-order valence-electron chi connectivity index (χ4n) is 4.74. The van der Waals surface area contributed by atoms with Gasteiger partial charge in [0.05, 0.1) is 6.61 Å². The average Bonchev–Trinajstić information content (AvgIpc) is 2.90. The van der Waals surface area contributed by atoms with Gasteiger partial charge in [-0.15, -0.1) is 0 Å². The van der Waals surface area contributed by atoms with E-state index in [4.69, 9.17) is 4.74 Å². The molecule has 0 aliphatic carbocycles. The number of hydrogen-bond donors (Lipinski definition) is 2. The Bertz CT molecular complexity index is 568. The normalized spacial score (nSPS) is 11.8.